The van der Waals surface area contributed by atoms with Crippen molar-refractivity contribution < 1.29 is 60.7 Å². The van der Waals surface area contributed by atoms with Crippen molar-refractivity contribution >= 4 is 12.6 Å². The standard InChI is InChI=1S/2C6H12O6/c2*7-1-3(9)5(11)6(12)4(10)2-8/h2*1,3-6,8-12H,2H2/t2*3-,4+,5+,6+/m00/s1/i1+1,2+1,3+1,4+1,5+1,6+1;. The molecule has 0 aromatic carbocycles. The molecule has 0 radical (unpaired) electrons. The normalized spacial score (nSPS) is 21.1. The van der Waals surface area contributed by atoms with Gasteiger partial charge in [-0.2, -0.15) is 0 Å². The first-order valence-corrected chi connectivity index (χ1v) is 6.65. The lowest BCUT2D eigenvalue weighted by molar-refractivity contribution is -0.136. The fraction of sp³-hybridized carbons (Fsp3) is 0.833. The van der Waals surface area contributed by atoms with E-state index >= 15 is 0 Å². The van der Waals surface area contributed by atoms with Gasteiger partial charge in [0.15, 0.2) is 12.6 Å². The highest BCUT2D eigenvalue weighted by molar-refractivity contribution is 5.57. The summed E-state index contributed by atoms with van der Waals surface area (Å²) in [6, 6.07) is 0. The van der Waals surface area contributed by atoms with E-state index in [9.17, 15) is 9.59 Å². The molecule has 0 amide bonds. The predicted octanol–water partition coefficient (Wildman–Crippen LogP) is -6.76. The molecule has 0 aliphatic rings. The van der Waals surface area contributed by atoms with E-state index in [1.54, 1.807) is 0 Å². The van der Waals surface area contributed by atoms with E-state index in [2.05, 4.69) is 0 Å². The molecular formula is C12H24O12. The molecule has 12 nitrogen and oxygen atoms in total. The van der Waals surface area contributed by atoms with Crippen LogP contribution in [0, 0.1) is 0 Å². The lowest BCUT2D eigenvalue weighted by Gasteiger charge is -2.22. The summed E-state index contributed by atoms with van der Waals surface area (Å²) in [5.74, 6) is 0. The molecule has 0 heterocycles. The third-order valence-electron chi connectivity index (χ3n) is 2.84. The fourth-order valence-corrected chi connectivity index (χ4v) is 1.24. The van der Waals surface area contributed by atoms with Gasteiger partial charge in [-0.25, -0.2) is 0 Å². The van der Waals surface area contributed by atoms with Crippen LogP contribution in [-0.2, 0) is 9.59 Å². The highest BCUT2D eigenvalue weighted by atomic mass is 16.6. The van der Waals surface area contributed by atoms with Gasteiger partial charge in [-0.1, -0.05) is 0 Å². The van der Waals surface area contributed by atoms with Crippen LogP contribution < -0.4 is 0 Å². The number of rotatable bonds is 10. The highest BCUT2D eigenvalue weighted by Gasteiger charge is 2.30. The Bertz CT molecular complexity index is 308. The quantitative estimate of drug-likeness (QED) is 0.128. The van der Waals surface area contributed by atoms with Crippen molar-refractivity contribution in [1.82, 2.24) is 0 Å². The summed E-state index contributed by atoms with van der Waals surface area (Å²) >= 11 is 0. The van der Waals surface area contributed by atoms with Gasteiger partial charge in [0.1, 0.15) is 48.8 Å². The van der Waals surface area contributed by atoms with E-state index in [-0.39, 0.29) is 12.6 Å². The van der Waals surface area contributed by atoms with Crippen molar-refractivity contribution in [3.63, 3.8) is 0 Å². The van der Waals surface area contributed by atoms with Crippen molar-refractivity contribution in [3.05, 3.63) is 0 Å². The zero-order valence-electron chi connectivity index (χ0n) is 12.5. The number of aliphatic hydroxyl groups is 10. The van der Waals surface area contributed by atoms with E-state index < -0.39 is 62.0 Å². The third kappa shape index (κ3) is 8.70. The first-order valence-electron chi connectivity index (χ1n) is 6.65. The number of hydrogen-bond donors (Lipinski definition) is 10. The van der Waals surface area contributed by atoms with Gasteiger partial charge in [0.05, 0.1) is 13.2 Å². The van der Waals surface area contributed by atoms with E-state index in [1.807, 2.05) is 0 Å². The van der Waals surface area contributed by atoms with Crippen LogP contribution >= 0.6 is 0 Å². The maximum atomic E-state index is 9.90. The van der Waals surface area contributed by atoms with Gasteiger partial charge in [0.25, 0.3) is 0 Å². The summed E-state index contributed by atoms with van der Waals surface area (Å²) in [5.41, 5.74) is 0. The molecule has 0 unspecified atom stereocenters. The summed E-state index contributed by atoms with van der Waals surface area (Å²) in [5, 5.41) is 87.1. The third-order valence-corrected chi connectivity index (χ3v) is 2.84. The number of carbonyl (C=O) groups excluding carboxylic acids is 2. The SMILES string of the molecule is O=C[C@H](O)[C@@H](O)[C@H](O)[C@H](O)CO.O=[13CH][13C@H](O)[13C@@H](O)[13C@H](O)[13C@H](O)[13CH2]O. The molecule has 10 N–H and O–H groups in total. The van der Waals surface area contributed by atoms with Crippen LogP contribution in [0.5, 0.6) is 0 Å². The maximum absolute atomic E-state index is 9.90. The second kappa shape index (κ2) is 13.3. The number of aliphatic hydroxyl groups excluding tert-OH is 10. The Hall–Kier alpha value is -1.06. The van der Waals surface area contributed by atoms with E-state index in [1.165, 1.54) is 0 Å². The second-order valence-electron chi connectivity index (χ2n) is 4.72. The Kier molecular flexibility index (Phi) is 13.9. The van der Waals surface area contributed by atoms with E-state index in [4.69, 9.17) is 51.1 Å². The summed E-state index contributed by atoms with van der Waals surface area (Å²) in [7, 11) is 0. The van der Waals surface area contributed by atoms with Crippen LogP contribution in [-0.4, -0.2) is 126 Å². The molecule has 24 heavy (non-hydrogen) atoms. The van der Waals surface area contributed by atoms with Gasteiger partial charge < -0.3 is 60.7 Å². The smallest absolute Gasteiger partial charge is 0.151 e. The molecule has 0 bridgehead atoms. The van der Waals surface area contributed by atoms with Crippen molar-refractivity contribution in [2.24, 2.45) is 0 Å². The molecule has 8 atom stereocenters. The van der Waals surface area contributed by atoms with Crippen LogP contribution in [0.25, 0.3) is 0 Å². The van der Waals surface area contributed by atoms with Gasteiger partial charge in [0, 0.05) is 0 Å². The van der Waals surface area contributed by atoms with Crippen LogP contribution in [0.4, 0.5) is 0 Å². The van der Waals surface area contributed by atoms with Crippen LogP contribution in [0.3, 0.4) is 0 Å². The molecule has 12 heteroatoms. The molecule has 0 aromatic heterocycles. The molecule has 0 aliphatic carbocycles. The Balaban J connectivity index is 0. The molecule has 0 fully saturated rings. The predicted molar refractivity (Wildman–Crippen MR) is 74.4 cm³/mol. The van der Waals surface area contributed by atoms with Crippen LogP contribution in [0.1, 0.15) is 0 Å². The van der Waals surface area contributed by atoms with E-state index in [0.29, 0.717) is 0 Å². The van der Waals surface area contributed by atoms with Crippen molar-refractivity contribution in [2.45, 2.75) is 48.8 Å². The summed E-state index contributed by atoms with van der Waals surface area (Å²) in [6.45, 7) is -1.52. The average molecular weight is 366 g/mol. The lowest BCUT2D eigenvalue weighted by Crippen LogP contribution is -2.46. The summed E-state index contributed by atoms with van der Waals surface area (Å²) in [6.07, 6.45) is -13.7. The zero-order chi connectivity index (χ0) is 19.4. The first kappa shape index (κ1) is 25.2. The van der Waals surface area contributed by atoms with Crippen molar-refractivity contribution in [2.75, 3.05) is 13.2 Å². The fourth-order valence-electron chi connectivity index (χ4n) is 1.24. The number of aldehydes is 2. The van der Waals surface area contributed by atoms with Crippen LogP contribution in [0.2, 0.25) is 0 Å². The largest absolute Gasteiger partial charge is 0.394 e. The van der Waals surface area contributed by atoms with Gasteiger partial charge in [-0.15, -0.1) is 0 Å². The van der Waals surface area contributed by atoms with Crippen molar-refractivity contribution in [3.8, 4) is 0 Å². The zero-order valence-corrected chi connectivity index (χ0v) is 12.5. The number of hydrogen-bond acceptors (Lipinski definition) is 12. The molecule has 0 saturated carbocycles. The summed E-state index contributed by atoms with van der Waals surface area (Å²) in [4.78, 5) is 19.8. The van der Waals surface area contributed by atoms with Gasteiger partial charge in [0.2, 0.25) is 0 Å². The molecular weight excluding hydrogens is 342 g/mol. The number of carbonyl (C=O) groups is 2. The minimum Gasteiger partial charge on any atom is -0.394 e. The van der Waals surface area contributed by atoms with Crippen molar-refractivity contribution in [1.29, 1.82) is 0 Å². The first-order chi connectivity index (χ1) is 11.1. The lowest BCUT2D eigenvalue weighted by atomic mass is 10.0. The molecule has 0 rings (SSSR count). The minimum atomic E-state index is -1.79. The molecule has 0 aliphatic heterocycles. The van der Waals surface area contributed by atoms with Gasteiger partial charge >= 0.3 is 0 Å². The van der Waals surface area contributed by atoms with E-state index in [0.717, 1.165) is 0 Å². The Morgan fingerprint density at radius 2 is 0.792 bits per heavy atom. The Labute approximate surface area is 136 Å². The molecule has 0 spiro atoms. The highest BCUT2D eigenvalue weighted by Crippen LogP contribution is 2.03. The maximum Gasteiger partial charge on any atom is 0.151 e. The summed E-state index contributed by atoms with van der Waals surface area (Å²) < 4.78 is 0. The molecule has 0 aromatic rings. The molecule has 144 valence electrons. The Morgan fingerprint density at radius 1 is 0.542 bits per heavy atom. The molecule has 0 saturated heterocycles. The minimum absolute atomic E-state index is 0.0258. The van der Waals surface area contributed by atoms with Gasteiger partial charge in [-0.05, 0) is 0 Å². The monoisotopic (exact) mass is 366 g/mol. The van der Waals surface area contributed by atoms with Gasteiger partial charge in [-0.3, -0.25) is 0 Å². The topological polar surface area (TPSA) is 236 Å². The Morgan fingerprint density at radius 3 is 0.958 bits per heavy atom. The van der Waals surface area contributed by atoms with Crippen LogP contribution in [0.15, 0.2) is 0 Å². The average Bonchev–Trinajstić information content (AvgIpc) is 2.62. The second-order valence-corrected chi connectivity index (χ2v) is 4.72.